The summed E-state index contributed by atoms with van der Waals surface area (Å²) in [5.41, 5.74) is 0.460. The highest BCUT2D eigenvalue weighted by Gasteiger charge is 2.20. The minimum atomic E-state index is -0.405. The SMILES string of the molecule is CCSc1nc(N2CCCC2)c2cnn(CCNC(=O)c3ccc[nH]c3=O)c2n1. The van der Waals surface area contributed by atoms with Crippen LogP contribution in [0.1, 0.15) is 30.1 Å². The average molecular weight is 414 g/mol. The average Bonchev–Trinajstić information content (AvgIpc) is 3.38. The van der Waals surface area contributed by atoms with Crippen molar-refractivity contribution in [2.75, 3.05) is 30.3 Å². The van der Waals surface area contributed by atoms with Crippen LogP contribution in [0.5, 0.6) is 0 Å². The molecule has 1 saturated heterocycles. The molecule has 1 aliphatic heterocycles. The maximum atomic E-state index is 12.2. The topological polar surface area (TPSA) is 109 Å². The molecule has 0 aliphatic carbocycles. The fraction of sp³-hybridized carbons (Fsp3) is 0.421. The second-order valence-corrected chi connectivity index (χ2v) is 7.96. The number of aromatic nitrogens is 5. The zero-order valence-electron chi connectivity index (χ0n) is 16.2. The van der Waals surface area contributed by atoms with Crippen LogP contribution in [-0.2, 0) is 6.54 Å². The fourth-order valence-electron chi connectivity index (χ4n) is 3.42. The highest BCUT2D eigenvalue weighted by atomic mass is 32.2. The van der Waals surface area contributed by atoms with Crippen molar-refractivity contribution in [2.45, 2.75) is 31.5 Å². The lowest BCUT2D eigenvalue weighted by atomic mass is 10.2. The van der Waals surface area contributed by atoms with E-state index in [2.05, 4.69) is 32.2 Å². The number of hydrogen-bond donors (Lipinski definition) is 2. The van der Waals surface area contributed by atoms with Gasteiger partial charge in [0.1, 0.15) is 11.4 Å². The number of thioether (sulfide) groups is 1. The minimum absolute atomic E-state index is 0.0955. The first-order valence-corrected chi connectivity index (χ1v) is 10.7. The molecule has 4 rings (SSSR count). The van der Waals surface area contributed by atoms with Crippen LogP contribution in [0, 0.1) is 0 Å². The summed E-state index contributed by atoms with van der Waals surface area (Å²) in [4.78, 5) is 38.2. The molecule has 0 aromatic carbocycles. The van der Waals surface area contributed by atoms with Crippen LogP contribution < -0.4 is 15.8 Å². The zero-order chi connectivity index (χ0) is 20.2. The maximum absolute atomic E-state index is 12.2. The summed E-state index contributed by atoms with van der Waals surface area (Å²) >= 11 is 1.60. The molecule has 1 amide bonds. The van der Waals surface area contributed by atoms with Crippen LogP contribution >= 0.6 is 11.8 Å². The molecule has 29 heavy (non-hydrogen) atoms. The van der Waals surface area contributed by atoms with Crippen LogP contribution in [0.15, 0.2) is 34.5 Å². The highest BCUT2D eigenvalue weighted by molar-refractivity contribution is 7.99. The van der Waals surface area contributed by atoms with Crippen molar-refractivity contribution < 1.29 is 4.79 Å². The van der Waals surface area contributed by atoms with Gasteiger partial charge in [0.25, 0.3) is 11.5 Å². The van der Waals surface area contributed by atoms with E-state index in [1.165, 1.54) is 25.1 Å². The van der Waals surface area contributed by atoms with Gasteiger partial charge in [-0.15, -0.1) is 0 Å². The Morgan fingerprint density at radius 3 is 2.90 bits per heavy atom. The lowest BCUT2D eigenvalue weighted by Gasteiger charge is -2.17. The number of carbonyl (C=O) groups excluding carboxylic acids is 1. The van der Waals surface area contributed by atoms with Gasteiger partial charge in [0.15, 0.2) is 10.8 Å². The number of carbonyl (C=O) groups is 1. The van der Waals surface area contributed by atoms with Gasteiger partial charge in [-0.3, -0.25) is 9.59 Å². The van der Waals surface area contributed by atoms with Crippen LogP contribution in [0.25, 0.3) is 11.0 Å². The quantitative estimate of drug-likeness (QED) is 0.448. The first-order chi connectivity index (χ1) is 14.2. The van der Waals surface area contributed by atoms with Crippen LogP contribution in [0.3, 0.4) is 0 Å². The Morgan fingerprint density at radius 1 is 1.31 bits per heavy atom. The maximum Gasteiger partial charge on any atom is 0.260 e. The Kier molecular flexibility index (Phi) is 5.79. The molecule has 1 aliphatic rings. The number of pyridine rings is 1. The summed E-state index contributed by atoms with van der Waals surface area (Å²) in [7, 11) is 0. The van der Waals surface area contributed by atoms with Gasteiger partial charge in [0, 0.05) is 25.8 Å². The summed E-state index contributed by atoms with van der Waals surface area (Å²) in [6, 6.07) is 3.13. The van der Waals surface area contributed by atoms with E-state index in [-0.39, 0.29) is 5.56 Å². The summed E-state index contributed by atoms with van der Waals surface area (Å²) in [6.45, 7) is 4.85. The van der Waals surface area contributed by atoms with Gasteiger partial charge in [0.05, 0.1) is 18.1 Å². The van der Waals surface area contributed by atoms with Crippen molar-refractivity contribution in [1.82, 2.24) is 30.0 Å². The Labute approximate surface area is 171 Å². The smallest absolute Gasteiger partial charge is 0.260 e. The molecule has 9 nitrogen and oxygen atoms in total. The second kappa shape index (κ2) is 8.64. The molecule has 0 radical (unpaired) electrons. The molecule has 10 heteroatoms. The third kappa shape index (κ3) is 4.12. The Hall–Kier alpha value is -2.88. The Balaban J connectivity index is 1.54. The summed E-state index contributed by atoms with van der Waals surface area (Å²) in [6.07, 6.45) is 5.63. The molecule has 3 aromatic heterocycles. The molecule has 0 atom stereocenters. The number of anilines is 1. The zero-order valence-corrected chi connectivity index (χ0v) is 17.0. The van der Waals surface area contributed by atoms with Crippen molar-refractivity contribution in [3.8, 4) is 0 Å². The molecule has 152 valence electrons. The van der Waals surface area contributed by atoms with Gasteiger partial charge >= 0.3 is 0 Å². The number of amides is 1. The minimum Gasteiger partial charge on any atom is -0.356 e. The molecule has 0 saturated carbocycles. The highest BCUT2D eigenvalue weighted by Crippen LogP contribution is 2.29. The first kappa shape index (κ1) is 19.4. The number of fused-ring (bicyclic) bond motifs is 1. The van der Waals surface area contributed by atoms with Crippen molar-refractivity contribution in [3.05, 3.63) is 40.4 Å². The molecule has 1 fully saturated rings. The van der Waals surface area contributed by atoms with E-state index in [0.717, 1.165) is 40.9 Å². The molecule has 4 heterocycles. The van der Waals surface area contributed by atoms with Crippen LogP contribution in [0.4, 0.5) is 5.82 Å². The number of hydrogen-bond acceptors (Lipinski definition) is 7. The molecule has 0 spiro atoms. The molecule has 0 bridgehead atoms. The summed E-state index contributed by atoms with van der Waals surface area (Å²) < 4.78 is 1.78. The van der Waals surface area contributed by atoms with E-state index in [0.29, 0.717) is 13.1 Å². The van der Waals surface area contributed by atoms with Gasteiger partial charge in [-0.2, -0.15) is 5.10 Å². The van der Waals surface area contributed by atoms with Gasteiger partial charge in [-0.25, -0.2) is 14.6 Å². The second-order valence-electron chi connectivity index (χ2n) is 6.73. The number of aromatic amines is 1. The van der Waals surface area contributed by atoms with Crippen molar-refractivity contribution in [3.63, 3.8) is 0 Å². The third-order valence-electron chi connectivity index (χ3n) is 4.81. The lowest BCUT2D eigenvalue weighted by Crippen LogP contribution is -2.31. The molecular weight excluding hydrogens is 390 g/mol. The fourth-order valence-corrected chi connectivity index (χ4v) is 3.98. The Bertz CT molecular complexity index is 1070. The van der Waals surface area contributed by atoms with E-state index < -0.39 is 11.5 Å². The lowest BCUT2D eigenvalue weighted by molar-refractivity contribution is 0.0950. The van der Waals surface area contributed by atoms with Crippen molar-refractivity contribution in [1.29, 1.82) is 0 Å². The number of nitrogens with one attached hydrogen (secondary N) is 2. The molecular formula is C19H23N7O2S. The Morgan fingerprint density at radius 2 is 2.14 bits per heavy atom. The van der Waals surface area contributed by atoms with Crippen molar-refractivity contribution >= 4 is 34.5 Å². The predicted molar refractivity (Wildman–Crippen MR) is 113 cm³/mol. The van der Waals surface area contributed by atoms with E-state index in [1.807, 2.05) is 0 Å². The number of H-pyrrole nitrogens is 1. The normalized spacial score (nSPS) is 13.9. The standard InChI is InChI=1S/C19H23N7O2S/c1-2-29-19-23-15(25-9-3-4-10-25)14-12-22-26(16(14)24-19)11-8-21-18(28)13-6-5-7-20-17(13)27/h5-7,12H,2-4,8-11H2,1H3,(H,20,27)(H,21,28). The van der Waals surface area contributed by atoms with Gasteiger partial charge in [-0.05, 0) is 30.7 Å². The first-order valence-electron chi connectivity index (χ1n) is 9.74. The number of nitrogens with zero attached hydrogens (tertiary/aromatic N) is 5. The van der Waals surface area contributed by atoms with Gasteiger partial charge < -0.3 is 15.2 Å². The summed E-state index contributed by atoms with van der Waals surface area (Å²) in [5, 5.41) is 8.92. The van der Waals surface area contributed by atoms with Crippen LogP contribution in [0.2, 0.25) is 0 Å². The van der Waals surface area contributed by atoms with Gasteiger partial charge in [0.2, 0.25) is 0 Å². The third-order valence-corrected chi connectivity index (χ3v) is 5.54. The van der Waals surface area contributed by atoms with Crippen molar-refractivity contribution in [2.24, 2.45) is 0 Å². The molecule has 3 aromatic rings. The van der Waals surface area contributed by atoms with Crippen LogP contribution in [-0.4, -0.2) is 56.0 Å². The summed E-state index contributed by atoms with van der Waals surface area (Å²) in [5.74, 6) is 1.42. The largest absolute Gasteiger partial charge is 0.356 e. The van der Waals surface area contributed by atoms with E-state index >= 15 is 0 Å². The van der Waals surface area contributed by atoms with E-state index in [1.54, 1.807) is 28.7 Å². The number of rotatable bonds is 7. The molecule has 0 unspecified atom stereocenters. The van der Waals surface area contributed by atoms with Gasteiger partial charge in [-0.1, -0.05) is 18.7 Å². The molecule has 2 N–H and O–H groups in total. The van der Waals surface area contributed by atoms with E-state index in [4.69, 9.17) is 4.98 Å². The monoisotopic (exact) mass is 413 g/mol. The van der Waals surface area contributed by atoms with E-state index in [9.17, 15) is 9.59 Å². The predicted octanol–water partition coefficient (Wildman–Crippen LogP) is 1.66.